The summed E-state index contributed by atoms with van der Waals surface area (Å²) < 4.78 is 34.7. The van der Waals surface area contributed by atoms with Crippen LogP contribution in [-0.4, -0.2) is 85.3 Å². The minimum Gasteiger partial charge on any atom is -0.494 e. The van der Waals surface area contributed by atoms with Gasteiger partial charge in [-0.2, -0.15) is 4.98 Å². The molecule has 3 heterocycles. The number of nitrogens with zero attached hydrogens (tertiary/aromatic N) is 6. The molecule has 11 heteroatoms. The Morgan fingerprint density at radius 1 is 1.11 bits per heavy atom. The van der Waals surface area contributed by atoms with Crippen LogP contribution >= 0.6 is 0 Å². The molecule has 1 aromatic heterocycles. The van der Waals surface area contributed by atoms with E-state index in [4.69, 9.17) is 4.74 Å². The van der Waals surface area contributed by atoms with E-state index in [0.29, 0.717) is 17.3 Å². The van der Waals surface area contributed by atoms with E-state index >= 15 is 4.39 Å². The number of ether oxygens (including phenoxy) is 1. The number of carbonyl (C=O) groups excluding carboxylic acids is 1. The first-order valence-electron chi connectivity index (χ1n) is 13.1. The first kappa shape index (κ1) is 25.6. The predicted octanol–water partition coefficient (Wildman–Crippen LogP) is 3.70. The van der Waals surface area contributed by atoms with E-state index < -0.39 is 23.4 Å². The standard InChI is InChI=1S/C26H35F2N7O2/c1-32-12-14-33(15-13-32)11-5-3-4-10-29-25-30-16-18-17-34(23-20(27)8-9-21(37-2)22(23)28)26(36)35(19-6-7-19)24(18)31-25/h8-9,16,19H,3-7,10-15,17H2,1-2H3,(H,29,30,31). The average Bonchev–Trinajstić information content (AvgIpc) is 3.73. The van der Waals surface area contributed by atoms with Crippen molar-refractivity contribution in [1.29, 1.82) is 0 Å². The van der Waals surface area contributed by atoms with E-state index in [1.165, 1.54) is 13.2 Å². The molecule has 2 aliphatic heterocycles. The number of nitrogens with one attached hydrogen (secondary N) is 1. The molecule has 1 saturated carbocycles. The van der Waals surface area contributed by atoms with Crippen molar-refractivity contribution in [2.45, 2.75) is 44.7 Å². The zero-order chi connectivity index (χ0) is 25.9. The number of piperazine rings is 1. The van der Waals surface area contributed by atoms with Crippen LogP contribution in [0.2, 0.25) is 0 Å². The Hall–Kier alpha value is -3.05. The Bertz CT molecular complexity index is 1120. The quantitative estimate of drug-likeness (QED) is 0.484. The highest BCUT2D eigenvalue weighted by molar-refractivity contribution is 6.06. The summed E-state index contributed by atoms with van der Waals surface area (Å²) in [5.41, 5.74) is 0.227. The maximum atomic E-state index is 15.0. The first-order valence-corrected chi connectivity index (χ1v) is 13.1. The van der Waals surface area contributed by atoms with E-state index in [2.05, 4.69) is 32.1 Å². The summed E-state index contributed by atoms with van der Waals surface area (Å²) in [7, 11) is 3.47. The van der Waals surface area contributed by atoms with Gasteiger partial charge in [0.2, 0.25) is 5.95 Å². The van der Waals surface area contributed by atoms with Crippen LogP contribution in [0.25, 0.3) is 0 Å². The van der Waals surface area contributed by atoms with Gasteiger partial charge in [0.1, 0.15) is 17.3 Å². The Morgan fingerprint density at radius 2 is 1.89 bits per heavy atom. The molecule has 1 N–H and O–H groups in total. The molecule has 9 nitrogen and oxygen atoms in total. The summed E-state index contributed by atoms with van der Waals surface area (Å²) in [5.74, 6) is -0.865. The minimum atomic E-state index is -0.901. The van der Waals surface area contributed by atoms with Crippen molar-refractivity contribution in [3.63, 3.8) is 0 Å². The second kappa shape index (κ2) is 11.1. The van der Waals surface area contributed by atoms with Crippen LogP contribution < -0.4 is 19.9 Å². The number of unbranched alkanes of at least 4 members (excludes halogenated alkanes) is 2. The fourth-order valence-electron chi connectivity index (χ4n) is 4.93. The number of hydrogen-bond acceptors (Lipinski definition) is 7. The van der Waals surface area contributed by atoms with Gasteiger partial charge in [0.05, 0.1) is 13.7 Å². The number of amides is 2. The second-order valence-electron chi connectivity index (χ2n) is 10.1. The lowest BCUT2D eigenvalue weighted by atomic mass is 10.1. The van der Waals surface area contributed by atoms with Gasteiger partial charge in [0.25, 0.3) is 0 Å². The van der Waals surface area contributed by atoms with E-state index in [0.717, 1.165) is 82.3 Å². The van der Waals surface area contributed by atoms with Crippen LogP contribution in [0.1, 0.15) is 37.7 Å². The van der Waals surface area contributed by atoms with Crippen molar-refractivity contribution in [2.24, 2.45) is 0 Å². The Labute approximate surface area is 216 Å². The molecule has 1 aliphatic carbocycles. The topological polar surface area (TPSA) is 77.1 Å². The van der Waals surface area contributed by atoms with E-state index in [1.807, 2.05) is 0 Å². The molecule has 0 atom stereocenters. The zero-order valence-electron chi connectivity index (χ0n) is 21.6. The lowest BCUT2D eigenvalue weighted by molar-refractivity contribution is 0.152. The largest absolute Gasteiger partial charge is 0.494 e. The lowest BCUT2D eigenvalue weighted by Crippen LogP contribution is -2.49. The van der Waals surface area contributed by atoms with Crippen LogP contribution in [0, 0.1) is 11.6 Å². The fraction of sp³-hybridized carbons (Fsp3) is 0.577. The third-order valence-electron chi connectivity index (χ3n) is 7.30. The summed E-state index contributed by atoms with van der Waals surface area (Å²) in [5, 5.41) is 3.28. The number of hydrogen-bond donors (Lipinski definition) is 1. The van der Waals surface area contributed by atoms with Crippen molar-refractivity contribution >= 4 is 23.5 Å². The molecule has 1 aromatic carbocycles. The molecule has 2 aromatic rings. The predicted molar refractivity (Wildman–Crippen MR) is 138 cm³/mol. The van der Waals surface area contributed by atoms with Gasteiger partial charge < -0.3 is 19.9 Å². The summed E-state index contributed by atoms with van der Waals surface area (Å²) in [6, 6.07) is 1.79. The van der Waals surface area contributed by atoms with E-state index in [1.54, 1.807) is 11.1 Å². The second-order valence-corrected chi connectivity index (χ2v) is 10.1. The highest BCUT2D eigenvalue weighted by atomic mass is 19.1. The molecule has 2 amide bonds. The number of benzene rings is 1. The number of urea groups is 1. The fourth-order valence-corrected chi connectivity index (χ4v) is 4.93. The van der Waals surface area contributed by atoms with Crippen LogP contribution in [0.4, 0.5) is 31.0 Å². The molecule has 0 unspecified atom stereocenters. The van der Waals surface area contributed by atoms with E-state index in [9.17, 15) is 9.18 Å². The van der Waals surface area contributed by atoms with Crippen molar-refractivity contribution in [1.82, 2.24) is 19.8 Å². The number of anilines is 3. The molecule has 3 aliphatic rings. The number of methoxy groups -OCH3 is 1. The van der Waals surface area contributed by atoms with Gasteiger partial charge in [0, 0.05) is 50.5 Å². The van der Waals surface area contributed by atoms with Gasteiger partial charge in [-0.1, -0.05) is 6.42 Å². The molecule has 0 spiro atoms. The van der Waals surface area contributed by atoms with Crippen LogP contribution in [0.15, 0.2) is 18.3 Å². The third kappa shape index (κ3) is 5.62. The summed E-state index contributed by atoms with van der Waals surface area (Å²) >= 11 is 0. The van der Waals surface area contributed by atoms with E-state index in [-0.39, 0.29) is 18.3 Å². The molecule has 200 valence electrons. The molecule has 37 heavy (non-hydrogen) atoms. The smallest absolute Gasteiger partial charge is 0.330 e. The maximum absolute atomic E-state index is 15.0. The van der Waals surface area contributed by atoms with Crippen LogP contribution in [0.5, 0.6) is 5.75 Å². The number of rotatable bonds is 10. The minimum absolute atomic E-state index is 0.0229. The van der Waals surface area contributed by atoms with Gasteiger partial charge in [-0.3, -0.25) is 9.80 Å². The zero-order valence-corrected chi connectivity index (χ0v) is 21.6. The summed E-state index contributed by atoms with van der Waals surface area (Å²) in [4.78, 5) is 30.1. The normalized spacial score (nSPS) is 18.8. The van der Waals surface area contributed by atoms with Gasteiger partial charge in [-0.25, -0.2) is 18.6 Å². The lowest BCUT2D eigenvalue weighted by Gasteiger charge is -2.36. The van der Waals surface area contributed by atoms with Crippen molar-refractivity contribution in [3.8, 4) is 5.75 Å². The van der Waals surface area contributed by atoms with Gasteiger partial charge in [0.15, 0.2) is 11.6 Å². The highest BCUT2D eigenvalue weighted by Crippen LogP contribution is 2.40. The summed E-state index contributed by atoms with van der Waals surface area (Å²) in [6.45, 7) is 6.41. The Morgan fingerprint density at radius 3 is 2.62 bits per heavy atom. The van der Waals surface area contributed by atoms with Crippen molar-refractivity contribution < 1.29 is 18.3 Å². The number of halogens is 2. The maximum Gasteiger partial charge on any atom is 0.330 e. The molecule has 5 rings (SSSR count). The molecule has 0 radical (unpaired) electrons. The molecule has 1 saturated heterocycles. The Kier molecular flexibility index (Phi) is 7.71. The third-order valence-corrected chi connectivity index (χ3v) is 7.30. The first-order chi connectivity index (χ1) is 18.0. The van der Waals surface area contributed by atoms with Crippen LogP contribution in [0.3, 0.4) is 0 Å². The van der Waals surface area contributed by atoms with Crippen molar-refractivity contribution in [3.05, 3.63) is 35.5 Å². The Balaban J connectivity index is 1.22. The monoisotopic (exact) mass is 515 g/mol. The molecule has 2 fully saturated rings. The van der Waals surface area contributed by atoms with Crippen molar-refractivity contribution in [2.75, 3.05) is 68.5 Å². The number of likely N-dealkylation sites (N-methyl/N-ethyl adjacent to an activating group) is 1. The molecule has 0 bridgehead atoms. The number of aromatic nitrogens is 2. The van der Waals surface area contributed by atoms with Crippen LogP contribution in [-0.2, 0) is 6.54 Å². The SMILES string of the molecule is COc1ccc(F)c(N2Cc3cnc(NCCCCCN4CCN(C)CC4)nc3N(C3CC3)C2=O)c1F. The number of carbonyl (C=O) groups is 1. The highest BCUT2D eigenvalue weighted by Gasteiger charge is 2.43. The molecular weight excluding hydrogens is 480 g/mol. The average molecular weight is 516 g/mol. The van der Waals surface area contributed by atoms with Gasteiger partial charge in [-0.15, -0.1) is 0 Å². The van der Waals surface area contributed by atoms with Gasteiger partial charge >= 0.3 is 6.03 Å². The molecular formula is C26H35F2N7O2. The number of fused-ring (bicyclic) bond motifs is 1. The summed E-state index contributed by atoms with van der Waals surface area (Å²) in [6.07, 6.45) is 6.56. The van der Waals surface area contributed by atoms with Gasteiger partial charge in [-0.05, 0) is 51.4 Å².